The lowest BCUT2D eigenvalue weighted by Gasteiger charge is -2.31. The van der Waals surface area contributed by atoms with Gasteiger partial charge in [-0.2, -0.15) is 0 Å². The third-order valence-electron chi connectivity index (χ3n) is 6.98. The SMILES string of the molecule is COc1cc2c(cc1OC)C(=O)N(CCCN(C)C(C)c1c(C)ccc3ccccc13)CC2. The topological polar surface area (TPSA) is 42.0 Å². The van der Waals surface area contributed by atoms with Crippen LogP contribution in [0.5, 0.6) is 11.5 Å². The van der Waals surface area contributed by atoms with Crippen molar-refractivity contribution in [3.8, 4) is 11.5 Å². The molecule has 3 aromatic rings. The molecule has 0 aliphatic carbocycles. The van der Waals surface area contributed by atoms with E-state index in [9.17, 15) is 4.79 Å². The Kier molecular flexibility index (Phi) is 6.89. The summed E-state index contributed by atoms with van der Waals surface area (Å²) in [5.41, 5.74) is 4.47. The second kappa shape index (κ2) is 9.84. The number of ether oxygens (including phenoxy) is 2. The average molecular weight is 447 g/mol. The number of rotatable bonds is 8. The average Bonchev–Trinajstić information content (AvgIpc) is 2.84. The zero-order valence-electron chi connectivity index (χ0n) is 20.4. The summed E-state index contributed by atoms with van der Waals surface area (Å²) in [7, 11) is 5.40. The van der Waals surface area contributed by atoms with E-state index in [1.54, 1.807) is 14.2 Å². The molecule has 1 aliphatic rings. The number of carbonyl (C=O) groups is 1. The third-order valence-corrected chi connectivity index (χ3v) is 6.98. The minimum atomic E-state index is 0.0813. The number of aryl methyl sites for hydroxylation is 1. The highest BCUT2D eigenvalue weighted by atomic mass is 16.5. The zero-order chi connectivity index (χ0) is 23.5. The van der Waals surface area contributed by atoms with E-state index in [4.69, 9.17) is 9.47 Å². The van der Waals surface area contributed by atoms with E-state index in [0.29, 0.717) is 17.5 Å². The zero-order valence-corrected chi connectivity index (χ0v) is 20.4. The Morgan fingerprint density at radius 3 is 2.55 bits per heavy atom. The van der Waals surface area contributed by atoms with Gasteiger partial charge in [-0.1, -0.05) is 36.4 Å². The van der Waals surface area contributed by atoms with Crippen LogP contribution in [0.3, 0.4) is 0 Å². The van der Waals surface area contributed by atoms with Crippen molar-refractivity contribution in [1.29, 1.82) is 0 Å². The van der Waals surface area contributed by atoms with Gasteiger partial charge in [-0.25, -0.2) is 0 Å². The maximum atomic E-state index is 13.1. The first-order valence-electron chi connectivity index (χ1n) is 11.7. The molecule has 1 unspecified atom stereocenters. The number of nitrogens with zero attached hydrogens (tertiary/aromatic N) is 2. The molecule has 0 saturated carbocycles. The van der Waals surface area contributed by atoms with Gasteiger partial charge in [0, 0.05) is 31.2 Å². The van der Waals surface area contributed by atoms with Gasteiger partial charge in [0.2, 0.25) is 0 Å². The molecule has 174 valence electrons. The highest BCUT2D eigenvalue weighted by Gasteiger charge is 2.26. The summed E-state index contributed by atoms with van der Waals surface area (Å²) in [6.07, 6.45) is 1.77. The van der Waals surface area contributed by atoms with Crippen LogP contribution in [0.25, 0.3) is 10.8 Å². The smallest absolute Gasteiger partial charge is 0.254 e. The molecule has 5 heteroatoms. The fraction of sp³-hybridized carbons (Fsp3) is 0.393. The molecule has 1 heterocycles. The molecular formula is C28H34N2O3. The highest BCUT2D eigenvalue weighted by molar-refractivity contribution is 5.97. The minimum Gasteiger partial charge on any atom is -0.493 e. The number of methoxy groups -OCH3 is 2. The van der Waals surface area contributed by atoms with E-state index in [1.807, 2.05) is 17.0 Å². The van der Waals surface area contributed by atoms with Crippen LogP contribution in [0.15, 0.2) is 48.5 Å². The molecular weight excluding hydrogens is 412 g/mol. The van der Waals surface area contributed by atoms with E-state index >= 15 is 0 Å². The van der Waals surface area contributed by atoms with Crippen molar-refractivity contribution in [2.75, 3.05) is 40.9 Å². The largest absolute Gasteiger partial charge is 0.493 e. The third kappa shape index (κ3) is 4.55. The van der Waals surface area contributed by atoms with Gasteiger partial charge in [0.05, 0.1) is 14.2 Å². The first-order chi connectivity index (χ1) is 15.9. The summed E-state index contributed by atoms with van der Waals surface area (Å²) in [4.78, 5) is 17.5. The van der Waals surface area contributed by atoms with E-state index in [1.165, 1.54) is 21.9 Å². The normalized spacial score (nSPS) is 14.5. The lowest BCUT2D eigenvalue weighted by molar-refractivity contribution is 0.0730. The lowest BCUT2D eigenvalue weighted by atomic mass is 9.94. The second-order valence-electron chi connectivity index (χ2n) is 8.93. The van der Waals surface area contributed by atoms with Crippen molar-refractivity contribution >= 4 is 16.7 Å². The molecule has 0 fully saturated rings. The van der Waals surface area contributed by atoms with Gasteiger partial charge in [-0.15, -0.1) is 0 Å². The fourth-order valence-electron chi connectivity index (χ4n) is 4.95. The Morgan fingerprint density at radius 1 is 1.06 bits per heavy atom. The van der Waals surface area contributed by atoms with Crippen molar-refractivity contribution in [1.82, 2.24) is 9.80 Å². The van der Waals surface area contributed by atoms with Gasteiger partial charge in [0.15, 0.2) is 11.5 Å². The van der Waals surface area contributed by atoms with Crippen LogP contribution in [-0.4, -0.2) is 56.6 Å². The van der Waals surface area contributed by atoms with E-state index in [2.05, 4.69) is 62.2 Å². The van der Waals surface area contributed by atoms with Gasteiger partial charge in [0.25, 0.3) is 5.91 Å². The molecule has 0 saturated heterocycles. The summed E-state index contributed by atoms with van der Waals surface area (Å²) in [5.74, 6) is 1.36. The molecule has 0 aromatic heterocycles. The van der Waals surface area contributed by atoms with Gasteiger partial charge >= 0.3 is 0 Å². The molecule has 5 nitrogen and oxygen atoms in total. The first kappa shape index (κ1) is 23.1. The van der Waals surface area contributed by atoms with Crippen LogP contribution in [-0.2, 0) is 6.42 Å². The molecule has 0 radical (unpaired) electrons. The Bertz CT molecular complexity index is 1160. The van der Waals surface area contributed by atoms with Gasteiger partial charge < -0.3 is 14.4 Å². The van der Waals surface area contributed by atoms with Crippen molar-refractivity contribution in [3.63, 3.8) is 0 Å². The number of benzene rings is 3. The van der Waals surface area contributed by atoms with Crippen molar-refractivity contribution in [2.45, 2.75) is 32.7 Å². The molecule has 0 N–H and O–H groups in total. The van der Waals surface area contributed by atoms with Crippen LogP contribution in [0.1, 0.15) is 46.4 Å². The molecule has 4 rings (SSSR count). The molecule has 0 spiro atoms. The summed E-state index contributed by atoms with van der Waals surface area (Å²) in [5, 5.41) is 2.60. The molecule has 1 atom stereocenters. The van der Waals surface area contributed by atoms with Crippen LogP contribution in [0, 0.1) is 6.92 Å². The molecule has 1 amide bonds. The molecule has 0 bridgehead atoms. The summed E-state index contributed by atoms with van der Waals surface area (Å²) in [6.45, 7) is 6.88. The van der Waals surface area contributed by atoms with Gasteiger partial charge in [0.1, 0.15) is 0 Å². The fourth-order valence-corrected chi connectivity index (χ4v) is 4.95. The quantitative estimate of drug-likeness (QED) is 0.474. The summed E-state index contributed by atoms with van der Waals surface area (Å²) >= 11 is 0. The van der Waals surface area contributed by atoms with Crippen molar-refractivity contribution < 1.29 is 14.3 Å². The number of hydrogen-bond acceptors (Lipinski definition) is 4. The predicted octanol–water partition coefficient (Wildman–Crippen LogP) is 5.25. The Morgan fingerprint density at radius 2 is 1.79 bits per heavy atom. The first-order valence-corrected chi connectivity index (χ1v) is 11.7. The van der Waals surface area contributed by atoms with Crippen molar-refractivity contribution in [2.24, 2.45) is 0 Å². The van der Waals surface area contributed by atoms with Crippen molar-refractivity contribution in [3.05, 3.63) is 70.8 Å². The van der Waals surface area contributed by atoms with E-state index in [-0.39, 0.29) is 5.91 Å². The number of hydrogen-bond donors (Lipinski definition) is 0. The Hall–Kier alpha value is -3.05. The summed E-state index contributed by atoms with van der Waals surface area (Å²) < 4.78 is 10.8. The lowest BCUT2D eigenvalue weighted by Crippen LogP contribution is -2.39. The Labute approximate surface area is 196 Å². The molecule has 1 aliphatic heterocycles. The van der Waals surface area contributed by atoms with Gasteiger partial charge in [-0.05, 0) is 73.3 Å². The van der Waals surface area contributed by atoms with E-state index < -0.39 is 0 Å². The standard InChI is InChI=1S/C28H34N2O3/c1-19-11-12-21-9-6-7-10-23(21)27(19)20(2)29(3)14-8-15-30-16-13-22-17-25(32-4)26(33-5)18-24(22)28(30)31/h6-7,9-12,17-18,20H,8,13-16H2,1-5H3. The number of fused-ring (bicyclic) bond motifs is 2. The second-order valence-corrected chi connectivity index (χ2v) is 8.93. The van der Waals surface area contributed by atoms with Crippen LogP contribution in [0.2, 0.25) is 0 Å². The number of amides is 1. The number of carbonyl (C=O) groups excluding carboxylic acids is 1. The highest BCUT2D eigenvalue weighted by Crippen LogP contribution is 2.34. The van der Waals surface area contributed by atoms with Crippen LogP contribution < -0.4 is 9.47 Å². The molecule has 33 heavy (non-hydrogen) atoms. The van der Waals surface area contributed by atoms with E-state index in [0.717, 1.165) is 43.6 Å². The van der Waals surface area contributed by atoms with Gasteiger partial charge in [-0.3, -0.25) is 9.69 Å². The minimum absolute atomic E-state index is 0.0813. The Balaban J connectivity index is 1.41. The summed E-state index contributed by atoms with van der Waals surface area (Å²) in [6, 6.07) is 17.1. The monoisotopic (exact) mass is 446 g/mol. The van der Waals surface area contributed by atoms with Crippen LogP contribution in [0.4, 0.5) is 0 Å². The predicted molar refractivity (Wildman–Crippen MR) is 134 cm³/mol. The molecule has 3 aromatic carbocycles. The van der Waals surface area contributed by atoms with Crippen LogP contribution >= 0.6 is 0 Å². The maximum Gasteiger partial charge on any atom is 0.254 e. The maximum absolute atomic E-state index is 13.1.